The van der Waals surface area contributed by atoms with E-state index < -0.39 is 5.91 Å². The first-order valence-electron chi connectivity index (χ1n) is 9.26. The normalized spacial score (nSPS) is 14.0. The zero-order valence-electron chi connectivity index (χ0n) is 16.1. The summed E-state index contributed by atoms with van der Waals surface area (Å²) in [7, 11) is 0. The van der Waals surface area contributed by atoms with Gasteiger partial charge >= 0.3 is 0 Å². The fraction of sp³-hybridized carbons (Fsp3) is 0.450. The minimum absolute atomic E-state index is 0.0422. The number of benzene rings is 1. The Kier molecular flexibility index (Phi) is 8.15. The van der Waals surface area contributed by atoms with Crippen molar-refractivity contribution in [1.82, 2.24) is 15.2 Å². The molecule has 2 N–H and O–H groups in total. The molecule has 0 atom stereocenters. The number of carbonyl (C=O) groups excluding carboxylic acids is 1. The average molecular weight is 402 g/mol. The molecule has 1 aromatic carbocycles. The van der Waals surface area contributed by atoms with Crippen LogP contribution in [-0.4, -0.2) is 27.2 Å². The molecule has 0 radical (unpaired) electrons. The Morgan fingerprint density at radius 1 is 1.29 bits per heavy atom. The molecule has 0 saturated heterocycles. The van der Waals surface area contributed by atoms with Crippen LogP contribution in [0.5, 0.6) is 5.75 Å². The lowest BCUT2D eigenvalue weighted by Gasteiger charge is -2.23. The summed E-state index contributed by atoms with van der Waals surface area (Å²) in [5.41, 5.74) is 6.18. The standard InChI is InChI=1S/C13H14ClNO.C7H10N4O/c14-13-8-12(7-6-10(13)9-15)16-11-4-2-1-3-5-11;1-4(2)5-3-9-7(6(8)12)11-10-5/h6-8,11H,1-5H2;3-4H,1-2H3,(H2,8,12). The summed E-state index contributed by atoms with van der Waals surface area (Å²) in [4.78, 5) is 14.3. The van der Waals surface area contributed by atoms with E-state index in [9.17, 15) is 4.79 Å². The molecule has 0 spiro atoms. The van der Waals surface area contributed by atoms with E-state index in [2.05, 4.69) is 15.2 Å². The lowest BCUT2D eigenvalue weighted by Crippen LogP contribution is -2.19. The van der Waals surface area contributed by atoms with Crippen LogP contribution in [0.1, 0.15) is 73.7 Å². The van der Waals surface area contributed by atoms with Gasteiger partial charge in [-0.3, -0.25) is 4.79 Å². The monoisotopic (exact) mass is 401 g/mol. The van der Waals surface area contributed by atoms with E-state index >= 15 is 0 Å². The minimum atomic E-state index is -0.655. The number of primary amides is 1. The van der Waals surface area contributed by atoms with Crippen LogP contribution in [0.25, 0.3) is 0 Å². The lowest BCUT2D eigenvalue weighted by molar-refractivity contribution is 0.0989. The molecule has 1 amide bonds. The SMILES string of the molecule is CC(C)c1cnc(C(N)=O)nn1.N#Cc1ccc(OC2CCCCC2)cc1Cl. The third-order valence-electron chi connectivity index (χ3n) is 4.31. The zero-order valence-corrected chi connectivity index (χ0v) is 16.8. The van der Waals surface area contributed by atoms with Crippen LogP contribution in [0.3, 0.4) is 0 Å². The molecule has 1 aliphatic carbocycles. The Hall–Kier alpha value is -2.72. The number of hydrogen-bond donors (Lipinski definition) is 1. The number of nitrogens with zero attached hydrogens (tertiary/aromatic N) is 4. The van der Waals surface area contributed by atoms with E-state index in [0.29, 0.717) is 16.7 Å². The molecule has 0 unspecified atom stereocenters. The molecule has 1 heterocycles. The predicted molar refractivity (Wildman–Crippen MR) is 106 cm³/mol. The quantitative estimate of drug-likeness (QED) is 0.827. The van der Waals surface area contributed by atoms with Gasteiger partial charge in [0.2, 0.25) is 5.82 Å². The minimum Gasteiger partial charge on any atom is -0.490 e. The van der Waals surface area contributed by atoms with Crippen LogP contribution in [-0.2, 0) is 0 Å². The van der Waals surface area contributed by atoms with E-state index in [1.54, 1.807) is 12.1 Å². The second kappa shape index (κ2) is 10.6. The Labute approximate surface area is 169 Å². The van der Waals surface area contributed by atoms with Crippen LogP contribution in [0.15, 0.2) is 24.4 Å². The molecule has 0 bridgehead atoms. The van der Waals surface area contributed by atoms with Gasteiger partial charge < -0.3 is 10.5 Å². The summed E-state index contributed by atoms with van der Waals surface area (Å²) >= 11 is 5.94. The van der Waals surface area contributed by atoms with Crippen molar-refractivity contribution in [2.24, 2.45) is 5.73 Å². The molecule has 28 heavy (non-hydrogen) atoms. The van der Waals surface area contributed by atoms with Crippen molar-refractivity contribution in [3.63, 3.8) is 0 Å². The van der Waals surface area contributed by atoms with E-state index in [1.165, 1.54) is 25.5 Å². The van der Waals surface area contributed by atoms with Crippen molar-refractivity contribution in [2.45, 2.75) is 58.0 Å². The smallest absolute Gasteiger partial charge is 0.288 e. The van der Waals surface area contributed by atoms with Crippen molar-refractivity contribution in [3.05, 3.63) is 46.5 Å². The third-order valence-corrected chi connectivity index (χ3v) is 4.62. The zero-order chi connectivity index (χ0) is 20.5. The largest absolute Gasteiger partial charge is 0.490 e. The molecule has 0 aliphatic heterocycles. The number of ether oxygens (including phenoxy) is 1. The molecule has 148 valence electrons. The number of aromatic nitrogens is 3. The van der Waals surface area contributed by atoms with Crippen LogP contribution in [0.2, 0.25) is 5.02 Å². The van der Waals surface area contributed by atoms with E-state index in [-0.39, 0.29) is 11.7 Å². The number of nitriles is 1. The molecule has 7 nitrogen and oxygen atoms in total. The highest BCUT2D eigenvalue weighted by atomic mass is 35.5. The van der Waals surface area contributed by atoms with Gasteiger partial charge in [0.15, 0.2) is 0 Å². The fourth-order valence-electron chi connectivity index (χ4n) is 2.70. The highest BCUT2D eigenvalue weighted by Crippen LogP contribution is 2.26. The van der Waals surface area contributed by atoms with Gasteiger partial charge in [0.1, 0.15) is 11.8 Å². The first-order chi connectivity index (χ1) is 13.4. The average Bonchev–Trinajstić information content (AvgIpc) is 2.69. The summed E-state index contributed by atoms with van der Waals surface area (Å²) in [5, 5.41) is 16.6. The fourth-order valence-corrected chi connectivity index (χ4v) is 2.91. The van der Waals surface area contributed by atoms with Gasteiger partial charge in [0, 0.05) is 6.07 Å². The number of halogens is 1. The second-order valence-electron chi connectivity index (χ2n) is 6.86. The van der Waals surface area contributed by atoms with Crippen molar-refractivity contribution in [2.75, 3.05) is 0 Å². The summed E-state index contributed by atoms with van der Waals surface area (Å²) in [6.07, 6.45) is 7.88. The maximum absolute atomic E-state index is 10.5. The number of nitrogens with two attached hydrogens (primary N) is 1. The molecule has 1 saturated carbocycles. The third kappa shape index (κ3) is 6.46. The van der Waals surface area contributed by atoms with Gasteiger partial charge in [0.25, 0.3) is 5.91 Å². The van der Waals surface area contributed by atoms with Gasteiger partial charge in [-0.2, -0.15) is 10.4 Å². The number of carbonyl (C=O) groups is 1. The maximum atomic E-state index is 10.5. The van der Waals surface area contributed by atoms with Crippen molar-refractivity contribution >= 4 is 17.5 Å². The first kappa shape index (κ1) is 21.6. The first-order valence-corrected chi connectivity index (χ1v) is 9.64. The Morgan fingerprint density at radius 2 is 2.00 bits per heavy atom. The summed E-state index contributed by atoms with van der Waals surface area (Å²) in [6.45, 7) is 3.94. The van der Waals surface area contributed by atoms with Crippen LogP contribution >= 0.6 is 11.6 Å². The van der Waals surface area contributed by atoms with Gasteiger partial charge in [-0.15, -0.1) is 5.10 Å². The van der Waals surface area contributed by atoms with Crippen molar-refractivity contribution < 1.29 is 9.53 Å². The Bertz CT molecular complexity index is 827. The Morgan fingerprint density at radius 3 is 2.50 bits per heavy atom. The maximum Gasteiger partial charge on any atom is 0.288 e. The summed E-state index contributed by atoms with van der Waals surface area (Å²) < 4.78 is 5.84. The van der Waals surface area contributed by atoms with Crippen molar-refractivity contribution in [1.29, 1.82) is 5.26 Å². The van der Waals surface area contributed by atoms with E-state index in [4.69, 9.17) is 27.3 Å². The predicted octanol–water partition coefficient (Wildman–Crippen LogP) is 4.02. The summed E-state index contributed by atoms with van der Waals surface area (Å²) in [6, 6.07) is 7.30. The molecule has 3 rings (SSSR count). The van der Waals surface area contributed by atoms with Crippen LogP contribution in [0, 0.1) is 11.3 Å². The molecule has 2 aromatic rings. The molecular formula is C20H24ClN5O2. The second-order valence-corrected chi connectivity index (χ2v) is 7.26. The molecule has 1 aromatic heterocycles. The van der Waals surface area contributed by atoms with Gasteiger partial charge in [-0.25, -0.2) is 4.98 Å². The summed E-state index contributed by atoms with van der Waals surface area (Å²) in [5.74, 6) is 0.333. The van der Waals surface area contributed by atoms with E-state index in [1.807, 2.05) is 26.0 Å². The Balaban J connectivity index is 0.000000209. The highest BCUT2D eigenvalue weighted by molar-refractivity contribution is 6.31. The van der Waals surface area contributed by atoms with Crippen LogP contribution < -0.4 is 10.5 Å². The van der Waals surface area contributed by atoms with Crippen molar-refractivity contribution in [3.8, 4) is 11.8 Å². The lowest BCUT2D eigenvalue weighted by atomic mass is 9.98. The molecule has 1 fully saturated rings. The van der Waals surface area contributed by atoms with E-state index in [0.717, 1.165) is 24.3 Å². The molecule has 1 aliphatic rings. The van der Waals surface area contributed by atoms with Gasteiger partial charge in [-0.1, -0.05) is 31.9 Å². The van der Waals surface area contributed by atoms with Gasteiger partial charge in [0.05, 0.1) is 28.6 Å². The molecular weight excluding hydrogens is 378 g/mol. The number of amides is 1. The molecule has 8 heteroatoms. The van der Waals surface area contributed by atoms with Gasteiger partial charge in [-0.05, 0) is 43.7 Å². The number of rotatable bonds is 4. The van der Waals surface area contributed by atoms with Crippen LogP contribution in [0.4, 0.5) is 0 Å². The number of hydrogen-bond acceptors (Lipinski definition) is 6. The topological polar surface area (TPSA) is 115 Å². The highest BCUT2D eigenvalue weighted by Gasteiger charge is 2.15.